The summed E-state index contributed by atoms with van der Waals surface area (Å²) >= 11 is 0. The molecule has 0 aromatic heterocycles. The van der Waals surface area contributed by atoms with Gasteiger partial charge in [0.1, 0.15) is 10.6 Å². The number of sulfonamides is 1. The van der Waals surface area contributed by atoms with Gasteiger partial charge in [-0.2, -0.15) is 4.31 Å². The maximum atomic E-state index is 12.9. The number of nitrogen functional groups attached to an aromatic ring is 1. The van der Waals surface area contributed by atoms with Gasteiger partial charge in [-0.15, -0.1) is 0 Å². The molecule has 2 N–H and O–H groups in total. The molecule has 0 atom stereocenters. The van der Waals surface area contributed by atoms with Crippen LogP contribution in [0.5, 0.6) is 5.75 Å². The van der Waals surface area contributed by atoms with Crippen LogP contribution in [-0.2, 0) is 10.0 Å². The summed E-state index contributed by atoms with van der Waals surface area (Å²) in [4.78, 5) is 0.160. The van der Waals surface area contributed by atoms with Gasteiger partial charge >= 0.3 is 0 Å². The molecule has 0 bridgehead atoms. The van der Waals surface area contributed by atoms with Crippen LogP contribution in [0.3, 0.4) is 0 Å². The van der Waals surface area contributed by atoms with Crippen molar-refractivity contribution in [2.75, 3.05) is 25.9 Å². The number of benzene rings is 1. The molecule has 1 aliphatic rings. The lowest BCUT2D eigenvalue weighted by Crippen LogP contribution is -2.32. The normalized spacial score (nSPS) is 18.8. The summed E-state index contributed by atoms with van der Waals surface area (Å²) in [5.74, 6) is 0.342. The number of hydrogen-bond acceptors (Lipinski definition) is 4. The highest BCUT2D eigenvalue weighted by atomic mass is 32.2. The minimum atomic E-state index is -3.57. The molecule has 118 valence electrons. The second kappa shape index (κ2) is 5.85. The van der Waals surface area contributed by atoms with Gasteiger partial charge < -0.3 is 10.5 Å². The van der Waals surface area contributed by atoms with Crippen LogP contribution in [0.2, 0.25) is 0 Å². The summed E-state index contributed by atoms with van der Waals surface area (Å²) in [6.45, 7) is 5.38. The van der Waals surface area contributed by atoms with Gasteiger partial charge in [-0.25, -0.2) is 8.42 Å². The van der Waals surface area contributed by atoms with Gasteiger partial charge in [-0.3, -0.25) is 0 Å². The van der Waals surface area contributed by atoms with Crippen LogP contribution < -0.4 is 10.5 Å². The molecule has 5 nitrogen and oxygen atoms in total. The molecule has 21 heavy (non-hydrogen) atoms. The SMILES string of the molecule is CCC1(CC)CCN(S(=O)(=O)c2cc(N)ccc2OC)C1. The van der Waals surface area contributed by atoms with Gasteiger partial charge in [0.2, 0.25) is 10.0 Å². The minimum absolute atomic E-state index is 0.0978. The van der Waals surface area contributed by atoms with E-state index in [0.717, 1.165) is 19.3 Å². The third-order valence-corrected chi connectivity index (χ3v) is 6.58. The highest BCUT2D eigenvalue weighted by Gasteiger charge is 2.41. The van der Waals surface area contributed by atoms with Crippen LogP contribution in [0.15, 0.2) is 23.1 Å². The summed E-state index contributed by atoms with van der Waals surface area (Å²) in [7, 11) is -2.10. The highest BCUT2D eigenvalue weighted by Crippen LogP contribution is 2.40. The Morgan fingerprint density at radius 2 is 2.00 bits per heavy atom. The molecular weight excluding hydrogens is 288 g/mol. The van der Waals surface area contributed by atoms with Crippen molar-refractivity contribution in [2.24, 2.45) is 5.41 Å². The van der Waals surface area contributed by atoms with Crippen molar-refractivity contribution >= 4 is 15.7 Å². The van der Waals surface area contributed by atoms with Crippen LogP contribution in [0.4, 0.5) is 5.69 Å². The predicted octanol–water partition coefficient (Wildman–Crippen LogP) is 2.48. The van der Waals surface area contributed by atoms with E-state index in [1.165, 1.54) is 13.2 Å². The largest absolute Gasteiger partial charge is 0.495 e. The predicted molar refractivity (Wildman–Crippen MR) is 83.8 cm³/mol. The molecule has 1 heterocycles. The average Bonchev–Trinajstić information content (AvgIpc) is 2.93. The van der Waals surface area contributed by atoms with Gasteiger partial charge in [0.25, 0.3) is 0 Å². The van der Waals surface area contributed by atoms with E-state index in [9.17, 15) is 8.42 Å². The molecule has 0 radical (unpaired) electrons. The molecule has 0 aliphatic carbocycles. The van der Waals surface area contributed by atoms with Crippen LogP contribution in [0.1, 0.15) is 33.1 Å². The maximum Gasteiger partial charge on any atom is 0.246 e. The number of hydrogen-bond donors (Lipinski definition) is 1. The fourth-order valence-electron chi connectivity index (χ4n) is 2.96. The lowest BCUT2D eigenvalue weighted by atomic mass is 9.82. The molecule has 0 spiro atoms. The summed E-state index contributed by atoms with van der Waals surface area (Å²) in [6.07, 6.45) is 2.89. The lowest BCUT2D eigenvalue weighted by Gasteiger charge is -2.26. The summed E-state index contributed by atoms with van der Waals surface area (Å²) in [6, 6.07) is 4.72. The van der Waals surface area contributed by atoms with Gasteiger partial charge in [0, 0.05) is 18.8 Å². The Bertz CT molecular complexity index is 609. The van der Waals surface area contributed by atoms with Gasteiger partial charge in [-0.05, 0) is 42.9 Å². The Morgan fingerprint density at radius 1 is 1.33 bits per heavy atom. The van der Waals surface area contributed by atoms with Gasteiger partial charge in [-0.1, -0.05) is 13.8 Å². The lowest BCUT2D eigenvalue weighted by molar-refractivity contribution is 0.279. The van der Waals surface area contributed by atoms with Crippen molar-refractivity contribution in [1.82, 2.24) is 4.31 Å². The minimum Gasteiger partial charge on any atom is -0.495 e. The van der Waals surface area contributed by atoms with Crippen LogP contribution in [-0.4, -0.2) is 32.9 Å². The van der Waals surface area contributed by atoms with Crippen molar-refractivity contribution < 1.29 is 13.2 Å². The molecule has 1 saturated heterocycles. The third-order valence-electron chi connectivity index (χ3n) is 4.71. The maximum absolute atomic E-state index is 12.9. The molecule has 1 fully saturated rings. The van der Waals surface area contributed by atoms with Gasteiger partial charge in [0.05, 0.1) is 7.11 Å². The van der Waals surface area contributed by atoms with Crippen LogP contribution in [0, 0.1) is 5.41 Å². The number of anilines is 1. The number of methoxy groups -OCH3 is 1. The van der Waals surface area contributed by atoms with Crippen molar-refractivity contribution in [3.05, 3.63) is 18.2 Å². The monoisotopic (exact) mass is 312 g/mol. The molecule has 1 aliphatic heterocycles. The molecule has 0 amide bonds. The Morgan fingerprint density at radius 3 is 2.52 bits per heavy atom. The number of nitrogens with zero attached hydrogens (tertiary/aromatic N) is 1. The molecule has 1 aromatic carbocycles. The second-order valence-electron chi connectivity index (χ2n) is 5.71. The van der Waals surface area contributed by atoms with E-state index in [2.05, 4.69) is 13.8 Å². The molecule has 0 saturated carbocycles. The topological polar surface area (TPSA) is 72.6 Å². The Kier molecular flexibility index (Phi) is 4.49. The van der Waals surface area contributed by atoms with Crippen LogP contribution in [0.25, 0.3) is 0 Å². The number of nitrogens with two attached hydrogens (primary N) is 1. The summed E-state index contributed by atoms with van der Waals surface area (Å²) in [5.41, 5.74) is 6.26. The molecular formula is C15H24N2O3S. The zero-order chi connectivity index (χ0) is 15.7. The van der Waals surface area contributed by atoms with Crippen molar-refractivity contribution in [1.29, 1.82) is 0 Å². The van der Waals surface area contributed by atoms with E-state index in [-0.39, 0.29) is 10.3 Å². The van der Waals surface area contributed by atoms with E-state index >= 15 is 0 Å². The van der Waals surface area contributed by atoms with E-state index in [0.29, 0.717) is 24.5 Å². The quantitative estimate of drug-likeness (QED) is 0.848. The molecule has 2 rings (SSSR count). The number of ether oxygens (including phenoxy) is 1. The Labute approximate surface area is 127 Å². The van der Waals surface area contributed by atoms with E-state index in [4.69, 9.17) is 10.5 Å². The zero-order valence-electron chi connectivity index (χ0n) is 12.9. The molecule has 0 unspecified atom stereocenters. The fraction of sp³-hybridized carbons (Fsp3) is 0.600. The van der Waals surface area contributed by atoms with Crippen molar-refractivity contribution in [3.8, 4) is 5.75 Å². The Balaban J connectivity index is 2.38. The first-order valence-electron chi connectivity index (χ1n) is 7.32. The smallest absolute Gasteiger partial charge is 0.246 e. The highest BCUT2D eigenvalue weighted by molar-refractivity contribution is 7.89. The first-order chi connectivity index (χ1) is 9.88. The first-order valence-corrected chi connectivity index (χ1v) is 8.76. The van der Waals surface area contributed by atoms with E-state index in [1.54, 1.807) is 16.4 Å². The van der Waals surface area contributed by atoms with Crippen molar-refractivity contribution in [2.45, 2.75) is 38.0 Å². The zero-order valence-corrected chi connectivity index (χ0v) is 13.7. The summed E-state index contributed by atoms with van der Waals surface area (Å²) < 4.78 is 32.5. The molecule has 1 aromatic rings. The summed E-state index contributed by atoms with van der Waals surface area (Å²) in [5, 5.41) is 0. The average molecular weight is 312 g/mol. The Hall–Kier alpha value is -1.27. The fourth-order valence-corrected chi connectivity index (χ4v) is 4.70. The van der Waals surface area contributed by atoms with E-state index in [1.807, 2.05) is 0 Å². The van der Waals surface area contributed by atoms with E-state index < -0.39 is 10.0 Å². The third kappa shape index (κ3) is 2.87. The number of rotatable bonds is 5. The first kappa shape index (κ1) is 16.1. The standard InChI is InChI=1S/C15H24N2O3S/c1-4-15(5-2)8-9-17(11-15)21(18,19)14-10-12(16)6-7-13(14)20-3/h6-7,10H,4-5,8-9,11,16H2,1-3H3. The molecule has 6 heteroatoms. The van der Waals surface area contributed by atoms with Crippen LogP contribution >= 0.6 is 0 Å². The van der Waals surface area contributed by atoms with Gasteiger partial charge in [0.15, 0.2) is 0 Å². The second-order valence-corrected chi connectivity index (χ2v) is 7.61. The van der Waals surface area contributed by atoms with Crippen molar-refractivity contribution in [3.63, 3.8) is 0 Å².